The van der Waals surface area contributed by atoms with Crippen molar-refractivity contribution in [2.75, 3.05) is 6.26 Å². The first-order valence-corrected chi connectivity index (χ1v) is 7.31. The number of aromatic nitrogens is 2. The van der Waals surface area contributed by atoms with Crippen molar-refractivity contribution in [3.05, 3.63) is 11.4 Å². The van der Waals surface area contributed by atoms with Gasteiger partial charge in [-0.1, -0.05) is 20.8 Å². The highest BCUT2D eigenvalue weighted by Crippen LogP contribution is 2.24. The second-order valence-corrected chi connectivity index (χ2v) is 7.47. The summed E-state index contributed by atoms with van der Waals surface area (Å²) >= 11 is 0. The number of nitrogens with zero attached hydrogens (tertiary/aromatic N) is 2. The van der Waals surface area contributed by atoms with E-state index in [0.29, 0.717) is 12.1 Å². The highest BCUT2D eigenvalue weighted by atomic mass is 32.2. The van der Waals surface area contributed by atoms with Crippen molar-refractivity contribution in [1.82, 2.24) is 9.55 Å². The maximum atomic E-state index is 11.5. The van der Waals surface area contributed by atoms with Gasteiger partial charge in [0.05, 0.1) is 5.69 Å². The Labute approximate surface area is 107 Å². The lowest BCUT2D eigenvalue weighted by molar-refractivity contribution is 0.0689. The summed E-state index contributed by atoms with van der Waals surface area (Å²) in [6, 6.07) is 0. The molecule has 0 saturated carbocycles. The molecule has 0 amide bonds. The molecule has 1 rings (SSSR count). The zero-order valence-electron chi connectivity index (χ0n) is 11.2. The quantitative estimate of drug-likeness (QED) is 0.891. The molecule has 18 heavy (non-hydrogen) atoms. The first-order valence-electron chi connectivity index (χ1n) is 5.42. The van der Waals surface area contributed by atoms with E-state index >= 15 is 0 Å². The van der Waals surface area contributed by atoms with Crippen LogP contribution in [0.25, 0.3) is 0 Å². The maximum Gasteiger partial charge on any atom is 0.356 e. The minimum Gasteiger partial charge on any atom is -0.476 e. The lowest BCUT2D eigenvalue weighted by Crippen LogP contribution is -2.16. The van der Waals surface area contributed by atoms with Gasteiger partial charge in [-0.05, 0) is 11.8 Å². The summed E-state index contributed by atoms with van der Waals surface area (Å²) in [5, 5.41) is 8.89. The van der Waals surface area contributed by atoms with Crippen molar-refractivity contribution in [2.24, 2.45) is 12.5 Å². The van der Waals surface area contributed by atoms with E-state index in [1.165, 1.54) is 11.6 Å². The van der Waals surface area contributed by atoms with Gasteiger partial charge in [0.1, 0.15) is 0 Å². The molecule has 0 aliphatic carbocycles. The van der Waals surface area contributed by atoms with Gasteiger partial charge in [0.2, 0.25) is 15.0 Å². The van der Waals surface area contributed by atoms with Gasteiger partial charge in [0, 0.05) is 13.3 Å². The fraction of sp³-hybridized carbons (Fsp3) is 0.636. The average Bonchev–Trinajstić information content (AvgIpc) is 2.40. The third kappa shape index (κ3) is 3.10. The molecule has 7 heteroatoms. The molecule has 6 nitrogen and oxygen atoms in total. The summed E-state index contributed by atoms with van der Waals surface area (Å²) in [5.74, 6) is -1.21. The summed E-state index contributed by atoms with van der Waals surface area (Å²) in [5.41, 5.74) is 0.0792. The number of carboxylic acids is 1. The predicted octanol–water partition coefficient (Wildman–Crippen LogP) is 1.11. The highest BCUT2D eigenvalue weighted by Gasteiger charge is 2.27. The lowest BCUT2D eigenvalue weighted by Gasteiger charge is -2.18. The van der Waals surface area contributed by atoms with Gasteiger partial charge >= 0.3 is 5.97 Å². The standard InChI is InChI=1S/C11H18N2O4S/c1-11(2,3)6-7-8(9(14)15)12-10(13(7)4)18(5,16)17/h6H2,1-5H3,(H,14,15). The van der Waals surface area contributed by atoms with E-state index in [1.807, 2.05) is 20.8 Å². The SMILES string of the molecule is Cn1c(S(C)(=O)=O)nc(C(=O)O)c1CC(C)(C)C. The third-order valence-corrected chi connectivity index (χ3v) is 3.43. The van der Waals surface area contributed by atoms with E-state index in [-0.39, 0.29) is 16.3 Å². The molecule has 0 fully saturated rings. The number of aromatic carboxylic acids is 1. The Kier molecular flexibility index (Phi) is 3.58. The predicted molar refractivity (Wildman–Crippen MR) is 66.4 cm³/mol. The van der Waals surface area contributed by atoms with Crippen LogP contribution in [0.4, 0.5) is 0 Å². The monoisotopic (exact) mass is 274 g/mol. The van der Waals surface area contributed by atoms with Crippen LogP contribution in [-0.4, -0.2) is 35.3 Å². The van der Waals surface area contributed by atoms with Crippen LogP contribution in [0.3, 0.4) is 0 Å². The van der Waals surface area contributed by atoms with Crippen LogP contribution in [0, 0.1) is 5.41 Å². The van der Waals surface area contributed by atoms with E-state index in [0.717, 1.165) is 6.26 Å². The van der Waals surface area contributed by atoms with Gasteiger partial charge < -0.3 is 9.67 Å². The van der Waals surface area contributed by atoms with E-state index in [9.17, 15) is 13.2 Å². The minimum atomic E-state index is -3.54. The molecule has 0 saturated heterocycles. The summed E-state index contributed by atoms with van der Waals surface area (Å²) in [6.45, 7) is 5.85. The molecule has 0 spiro atoms. The lowest BCUT2D eigenvalue weighted by atomic mass is 9.90. The van der Waals surface area contributed by atoms with Crippen LogP contribution in [0.15, 0.2) is 5.16 Å². The van der Waals surface area contributed by atoms with Gasteiger partial charge in [0.15, 0.2) is 5.69 Å². The second-order valence-electron chi connectivity index (χ2n) is 5.56. The van der Waals surface area contributed by atoms with Crippen molar-refractivity contribution in [3.63, 3.8) is 0 Å². The number of hydrogen-bond acceptors (Lipinski definition) is 4. The summed E-state index contributed by atoms with van der Waals surface area (Å²) < 4.78 is 24.4. The van der Waals surface area contributed by atoms with E-state index < -0.39 is 15.8 Å². The van der Waals surface area contributed by atoms with Crippen LogP contribution >= 0.6 is 0 Å². The molecule has 102 valence electrons. The Bertz CT molecular complexity index is 579. The van der Waals surface area contributed by atoms with Crippen LogP contribution in [-0.2, 0) is 23.3 Å². The van der Waals surface area contributed by atoms with E-state index in [1.54, 1.807) is 0 Å². The zero-order chi connectivity index (χ0) is 14.3. The molecule has 1 aromatic rings. The fourth-order valence-corrected chi connectivity index (χ4v) is 2.58. The van der Waals surface area contributed by atoms with Crippen LogP contribution in [0.1, 0.15) is 37.0 Å². The van der Waals surface area contributed by atoms with Crippen molar-refractivity contribution >= 4 is 15.8 Å². The summed E-state index contributed by atoms with van der Waals surface area (Å²) in [4.78, 5) is 14.9. The number of hydrogen-bond donors (Lipinski definition) is 1. The van der Waals surface area contributed by atoms with Crippen LogP contribution in [0.2, 0.25) is 0 Å². The molecule has 1 aromatic heterocycles. The molecule has 0 bridgehead atoms. The summed E-state index contributed by atoms with van der Waals surface area (Å²) in [7, 11) is -2.01. The normalized spacial score (nSPS) is 12.7. The first-order chi connectivity index (χ1) is 7.93. The van der Waals surface area contributed by atoms with E-state index in [2.05, 4.69) is 4.98 Å². The first kappa shape index (κ1) is 14.7. The highest BCUT2D eigenvalue weighted by molar-refractivity contribution is 7.90. The molecule has 0 radical (unpaired) electrons. The molecule has 0 aliphatic rings. The van der Waals surface area contributed by atoms with Crippen molar-refractivity contribution in [2.45, 2.75) is 32.3 Å². The van der Waals surface area contributed by atoms with Crippen LogP contribution in [0.5, 0.6) is 0 Å². The van der Waals surface area contributed by atoms with Crippen LogP contribution < -0.4 is 0 Å². The van der Waals surface area contributed by atoms with Gasteiger partial charge in [0.25, 0.3) is 0 Å². The Morgan fingerprint density at radius 2 is 1.89 bits per heavy atom. The second kappa shape index (κ2) is 4.38. The van der Waals surface area contributed by atoms with E-state index in [4.69, 9.17) is 5.11 Å². The Hall–Kier alpha value is -1.37. The largest absolute Gasteiger partial charge is 0.476 e. The summed E-state index contributed by atoms with van der Waals surface area (Å²) in [6.07, 6.45) is 1.45. The Balaban J connectivity index is 3.49. The molecular weight excluding hydrogens is 256 g/mol. The Morgan fingerprint density at radius 1 is 1.39 bits per heavy atom. The van der Waals surface area contributed by atoms with Crippen molar-refractivity contribution in [3.8, 4) is 0 Å². The smallest absolute Gasteiger partial charge is 0.356 e. The van der Waals surface area contributed by atoms with Gasteiger partial charge in [-0.15, -0.1) is 0 Å². The number of carbonyl (C=O) groups is 1. The number of imidazole rings is 1. The molecule has 1 heterocycles. The number of carboxylic acid groups (broad SMARTS) is 1. The minimum absolute atomic E-state index is 0.160. The topological polar surface area (TPSA) is 89.3 Å². The molecular formula is C11H18N2O4S. The Morgan fingerprint density at radius 3 is 2.22 bits per heavy atom. The number of rotatable bonds is 3. The zero-order valence-corrected chi connectivity index (χ0v) is 12.0. The van der Waals surface area contributed by atoms with Crippen molar-refractivity contribution < 1.29 is 18.3 Å². The van der Waals surface area contributed by atoms with Gasteiger partial charge in [-0.25, -0.2) is 18.2 Å². The number of sulfone groups is 1. The third-order valence-electron chi connectivity index (χ3n) is 2.40. The molecule has 0 aliphatic heterocycles. The molecule has 0 atom stereocenters. The molecule has 0 unspecified atom stereocenters. The van der Waals surface area contributed by atoms with Gasteiger partial charge in [-0.3, -0.25) is 0 Å². The average molecular weight is 274 g/mol. The molecule has 0 aromatic carbocycles. The maximum absolute atomic E-state index is 11.5. The fourth-order valence-electron chi connectivity index (χ4n) is 1.72. The van der Waals surface area contributed by atoms with Gasteiger partial charge in [-0.2, -0.15) is 0 Å². The molecule has 1 N–H and O–H groups in total. The van der Waals surface area contributed by atoms with Crippen molar-refractivity contribution in [1.29, 1.82) is 0 Å².